The molecule has 1 aromatic carbocycles. The van der Waals surface area contributed by atoms with Crippen LogP contribution in [-0.2, 0) is 14.4 Å². The average Bonchev–Trinajstić information content (AvgIpc) is 2.75. The minimum atomic E-state index is -0.386. The molecule has 0 spiro atoms. The van der Waals surface area contributed by atoms with Crippen LogP contribution in [0, 0.1) is 4.91 Å². The number of nitrogens with one attached hydrogen (secondary N) is 1. The Morgan fingerprint density at radius 3 is 2.89 bits per heavy atom. The summed E-state index contributed by atoms with van der Waals surface area (Å²) in [4.78, 5) is 26.3. The minimum Gasteiger partial charge on any atom is -0.463 e. The number of rotatable bonds is 6. The minimum absolute atomic E-state index is 0.104. The van der Waals surface area contributed by atoms with E-state index < -0.39 is 0 Å². The summed E-state index contributed by atoms with van der Waals surface area (Å²) in [7, 11) is 0. The molecule has 2 rings (SSSR count). The molecule has 7 nitrogen and oxygen atoms in total. The molecule has 0 saturated carbocycles. The van der Waals surface area contributed by atoms with Gasteiger partial charge < -0.3 is 9.15 Å². The number of nitrogens with zero attached hydrogens (tertiary/aromatic N) is 1. The first-order valence-electron chi connectivity index (χ1n) is 5.58. The monoisotopic (exact) mass is 264 g/mol. The molecular weight excluding hydrogens is 252 g/mol. The molecule has 100 valence electrons. The highest BCUT2D eigenvalue weighted by atomic mass is 16.7. The van der Waals surface area contributed by atoms with E-state index in [0.717, 1.165) is 0 Å². The lowest BCUT2D eigenvalue weighted by Gasteiger charge is -2.04. The van der Waals surface area contributed by atoms with Crippen LogP contribution in [-0.4, -0.2) is 19.2 Å². The van der Waals surface area contributed by atoms with Crippen LogP contribution in [0.4, 0.5) is 11.6 Å². The van der Waals surface area contributed by atoms with Gasteiger partial charge in [-0.2, -0.15) is 0 Å². The van der Waals surface area contributed by atoms with Gasteiger partial charge in [-0.25, -0.2) is 5.48 Å². The standard InChI is InChI=1S/C12H12N2O5/c1-8(15)17-6-7-18-14-12-11(13-16)9-4-2-3-5-10(9)19-12/h2-5,14H,6-7H2,1H3. The molecule has 1 heterocycles. The molecule has 0 aliphatic carbocycles. The van der Waals surface area contributed by atoms with Gasteiger partial charge in [0.05, 0.1) is 5.39 Å². The van der Waals surface area contributed by atoms with Crippen LogP contribution in [0.15, 0.2) is 33.9 Å². The number of anilines is 1. The van der Waals surface area contributed by atoms with Gasteiger partial charge in [0.15, 0.2) is 5.69 Å². The number of benzene rings is 1. The second-order valence-corrected chi connectivity index (χ2v) is 3.66. The topological polar surface area (TPSA) is 90.1 Å². The van der Waals surface area contributed by atoms with E-state index in [0.29, 0.717) is 11.0 Å². The van der Waals surface area contributed by atoms with Gasteiger partial charge in [-0.05, 0) is 17.3 Å². The molecule has 19 heavy (non-hydrogen) atoms. The Kier molecular flexibility index (Phi) is 4.09. The fourth-order valence-electron chi connectivity index (χ4n) is 1.54. The summed E-state index contributed by atoms with van der Waals surface area (Å²) in [5.74, 6) is -0.262. The zero-order chi connectivity index (χ0) is 13.7. The normalized spacial score (nSPS) is 10.4. The molecule has 0 fully saturated rings. The summed E-state index contributed by atoms with van der Waals surface area (Å²) in [6, 6.07) is 7.00. The Labute approximate surface area is 108 Å². The van der Waals surface area contributed by atoms with Crippen LogP contribution < -0.4 is 5.48 Å². The Hall–Kier alpha value is -2.41. The Balaban J connectivity index is 2.00. The summed E-state index contributed by atoms with van der Waals surface area (Å²) >= 11 is 0. The van der Waals surface area contributed by atoms with E-state index in [9.17, 15) is 9.70 Å². The molecule has 0 atom stereocenters. The van der Waals surface area contributed by atoms with Crippen LogP contribution in [0.25, 0.3) is 11.0 Å². The maximum Gasteiger partial charge on any atom is 0.302 e. The third-order valence-electron chi connectivity index (χ3n) is 2.32. The fourth-order valence-corrected chi connectivity index (χ4v) is 1.54. The molecule has 0 saturated heterocycles. The molecule has 0 bridgehead atoms. The van der Waals surface area contributed by atoms with E-state index >= 15 is 0 Å². The number of nitroso groups, excluding NO2 is 1. The van der Waals surface area contributed by atoms with Crippen molar-refractivity contribution in [1.29, 1.82) is 0 Å². The SMILES string of the molecule is CC(=O)OCCONc1oc2ccccc2c1N=O. The summed E-state index contributed by atoms with van der Waals surface area (Å²) in [6.07, 6.45) is 0. The van der Waals surface area contributed by atoms with Gasteiger partial charge in [0.25, 0.3) is 0 Å². The van der Waals surface area contributed by atoms with Crippen molar-refractivity contribution in [3.05, 3.63) is 29.2 Å². The number of para-hydroxylation sites is 1. The quantitative estimate of drug-likeness (QED) is 0.373. The van der Waals surface area contributed by atoms with Crippen LogP contribution in [0.2, 0.25) is 0 Å². The molecular formula is C12H12N2O5. The third kappa shape index (κ3) is 3.08. The van der Waals surface area contributed by atoms with E-state index in [4.69, 9.17) is 9.25 Å². The maximum absolute atomic E-state index is 10.8. The zero-order valence-corrected chi connectivity index (χ0v) is 10.2. The van der Waals surface area contributed by atoms with Crippen LogP contribution in [0.1, 0.15) is 6.92 Å². The summed E-state index contributed by atoms with van der Waals surface area (Å²) in [5, 5.41) is 3.51. The molecule has 1 N–H and O–H groups in total. The van der Waals surface area contributed by atoms with Crippen LogP contribution >= 0.6 is 0 Å². The van der Waals surface area contributed by atoms with Crippen molar-refractivity contribution in [3.63, 3.8) is 0 Å². The highest BCUT2D eigenvalue weighted by molar-refractivity contribution is 5.95. The Morgan fingerprint density at radius 1 is 1.37 bits per heavy atom. The van der Waals surface area contributed by atoms with Gasteiger partial charge in [-0.3, -0.25) is 9.63 Å². The van der Waals surface area contributed by atoms with Gasteiger partial charge >= 0.3 is 5.97 Å². The summed E-state index contributed by atoms with van der Waals surface area (Å²) < 4.78 is 10.1. The van der Waals surface area contributed by atoms with Crippen LogP contribution in [0.5, 0.6) is 0 Å². The van der Waals surface area contributed by atoms with Crippen molar-refractivity contribution in [2.24, 2.45) is 5.18 Å². The van der Waals surface area contributed by atoms with Crippen LogP contribution in [0.3, 0.4) is 0 Å². The largest absolute Gasteiger partial charge is 0.463 e. The number of fused-ring (bicyclic) bond motifs is 1. The number of esters is 1. The second kappa shape index (κ2) is 5.96. The first-order chi connectivity index (χ1) is 9.22. The second-order valence-electron chi connectivity index (χ2n) is 3.66. The average molecular weight is 264 g/mol. The van der Waals surface area contributed by atoms with E-state index in [-0.39, 0.29) is 30.8 Å². The van der Waals surface area contributed by atoms with Crippen molar-refractivity contribution in [3.8, 4) is 0 Å². The summed E-state index contributed by atoms with van der Waals surface area (Å²) in [5.41, 5.74) is 3.15. The lowest BCUT2D eigenvalue weighted by Crippen LogP contribution is -2.10. The highest BCUT2D eigenvalue weighted by Crippen LogP contribution is 2.36. The van der Waals surface area contributed by atoms with E-state index in [1.807, 2.05) is 0 Å². The van der Waals surface area contributed by atoms with Crippen molar-refractivity contribution in [2.45, 2.75) is 6.92 Å². The third-order valence-corrected chi connectivity index (χ3v) is 2.32. The number of carbonyl (C=O) groups excluding carboxylic acids is 1. The first kappa shape index (κ1) is 13.0. The number of furan rings is 1. The predicted molar refractivity (Wildman–Crippen MR) is 67.9 cm³/mol. The maximum atomic E-state index is 10.8. The van der Waals surface area contributed by atoms with E-state index in [2.05, 4.69) is 15.4 Å². The first-order valence-corrected chi connectivity index (χ1v) is 5.58. The zero-order valence-electron chi connectivity index (χ0n) is 10.2. The van der Waals surface area contributed by atoms with E-state index in [1.165, 1.54) is 6.92 Å². The van der Waals surface area contributed by atoms with Gasteiger partial charge in [0.1, 0.15) is 18.8 Å². The van der Waals surface area contributed by atoms with Gasteiger partial charge in [0, 0.05) is 6.92 Å². The molecule has 2 aromatic rings. The Bertz CT molecular complexity index is 593. The van der Waals surface area contributed by atoms with E-state index in [1.54, 1.807) is 24.3 Å². The number of ether oxygens (including phenoxy) is 1. The number of hydrogen-bond acceptors (Lipinski definition) is 7. The molecule has 0 aliphatic heterocycles. The lowest BCUT2D eigenvalue weighted by atomic mass is 10.2. The fraction of sp³-hybridized carbons (Fsp3) is 0.250. The molecule has 7 heteroatoms. The number of hydrogen-bond donors (Lipinski definition) is 1. The van der Waals surface area contributed by atoms with Gasteiger partial charge in [-0.15, -0.1) is 4.91 Å². The molecule has 0 aliphatic rings. The number of carbonyl (C=O) groups is 1. The van der Waals surface area contributed by atoms with Crippen molar-refractivity contribution in [1.82, 2.24) is 0 Å². The molecule has 0 radical (unpaired) electrons. The van der Waals surface area contributed by atoms with Crippen molar-refractivity contribution >= 4 is 28.5 Å². The Morgan fingerprint density at radius 2 is 2.16 bits per heavy atom. The smallest absolute Gasteiger partial charge is 0.302 e. The van der Waals surface area contributed by atoms with Gasteiger partial charge in [0.2, 0.25) is 5.88 Å². The van der Waals surface area contributed by atoms with Crippen molar-refractivity contribution < 1.29 is 18.8 Å². The highest BCUT2D eigenvalue weighted by Gasteiger charge is 2.14. The lowest BCUT2D eigenvalue weighted by molar-refractivity contribution is -0.142. The predicted octanol–water partition coefficient (Wildman–Crippen LogP) is 2.74. The summed E-state index contributed by atoms with van der Waals surface area (Å²) in [6.45, 7) is 1.53. The van der Waals surface area contributed by atoms with Gasteiger partial charge in [-0.1, -0.05) is 12.1 Å². The molecule has 1 aromatic heterocycles. The molecule has 0 unspecified atom stereocenters. The van der Waals surface area contributed by atoms with Crippen molar-refractivity contribution in [2.75, 3.05) is 18.7 Å². The molecule has 0 amide bonds.